The zero-order valence-corrected chi connectivity index (χ0v) is 9.79. The second-order valence-corrected chi connectivity index (χ2v) is 6.31. The highest BCUT2D eigenvalue weighted by Gasteiger charge is 2.80. The van der Waals surface area contributed by atoms with E-state index in [0.29, 0.717) is 6.42 Å². The Balaban J connectivity index is 2.34. The van der Waals surface area contributed by atoms with E-state index in [9.17, 15) is 0 Å². The molecule has 1 saturated carbocycles. The lowest BCUT2D eigenvalue weighted by Crippen LogP contribution is -2.39. The second-order valence-electron chi connectivity index (χ2n) is 4.82. The van der Waals surface area contributed by atoms with Gasteiger partial charge < -0.3 is 9.47 Å². The summed E-state index contributed by atoms with van der Waals surface area (Å²) in [6.45, 7) is 7.69. The average molecular weight is 225 g/mol. The molecular formula is C9H14Cl2O2. The molecule has 1 aliphatic carbocycles. The molecule has 4 heteroatoms. The molecular weight excluding hydrogens is 211 g/mol. The number of hydrogen-bond acceptors (Lipinski definition) is 2. The standard InChI is InChI=1S/C9H14Cl2O2/c1-6(2)8(5-9(8,10)11)13-7(3,4)12-6/h5H2,1-4H3. The summed E-state index contributed by atoms with van der Waals surface area (Å²) in [5.41, 5.74) is -0.938. The van der Waals surface area contributed by atoms with Gasteiger partial charge in [-0.15, -0.1) is 0 Å². The molecule has 1 saturated heterocycles. The Bertz CT molecular complexity index is 258. The monoisotopic (exact) mass is 224 g/mol. The minimum atomic E-state index is -0.787. The second kappa shape index (κ2) is 2.19. The van der Waals surface area contributed by atoms with Crippen molar-refractivity contribution in [1.82, 2.24) is 0 Å². The van der Waals surface area contributed by atoms with Crippen molar-refractivity contribution < 1.29 is 9.47 Å². The molecule has 76 valence electrons. The molecule has 0 aromatic carbocycles. The van der Waals surface area contributed by atoms with Gasteiger partial charge in [-0.05, 0) is 27.7 Å². The third-order valence-corrected chi connectivity index (χ3v) is 3.71. The summed E-state index contributed by atoms with van der Waals surface area (Å²) in [6.07, 6.45) is 0.638. The summed E-state index contributed by atoms with van der Waals surface area (Å²) >= 11 is 12.2. The normalized spacial score (nSPS) is 43.8. The van der Waals surface area contributed by atoms with E-state index in [1.807, 2.05) is 27.7 Å². The fraction of sp³-hybridized carbons (Fsp3) is 1.00. The zero-order chi connectivity index (χ0) is 10.1. The van der Waals surface area contributed by atoms with Crippen LogP contribution in [0.2, 0.25) is 0 Å². The van der Waals surface area contributed by atoms with Crippen LogP contribution in [-0.2, 0) is 9.47 Å². The fourth-order valence-corrected chi connectivity index (χ4v) is 3.20. The Morgan fingerprint density at radius 1 is 1.00 bits per heavy atom. The first-order chi connectivity index (χ1) is 5.62. The van der Waals surface area contributed by atoms with Crippen LogP contribution in [-0.4, -0.2) is 21.3 Å². The van der Waals surface area contributed by atoms with E-state index in [0.717, 1.165) is 0 Å². The summed E-state index contributed by atoms with van der Waals surface area (Å²) in [4.78, 5) is 0. The Labute approximate surface area is 88.5 Å². The molecule has 2 nitrogen and oxygen atoms in total. The molecule has 2 fully saturated rings. The quantitative estimate of drug-likeness (QED) is 0.590. The summed E-state index contributed by atoms with van der Waals surface area (Å²) in [6, 6.07) is 0. The molecule has 0 aromatic rings. The van der Waals surface area contributed by atoms with Crippen molar-refractivity contribution in [2.24, 2.45) is 0 Å². The topological polar surface area (TPSA) is 18.5 Å². The summed E-state index contributed by atoms with van der Waals surface area (Å²) in [5.74, 6) is -0.588. The Kier molecular flexibility index (Phi) is 1.69. The first kappa shape index (κ1) is 10.0. The van der Waals surface area contributed by atoms with Crippen LogP contribution in [0.3, 0.4) is 0 Å². The van der Waals surface area contributed by atoms with E-state index in [1.165, 1.54) is 0 Å². The predicted molar refractivity (Wildman–Crippen MR) is 52.1 cm³/mol. The predicted octanol–water partition coefficient (Wildman–Crippen LogP) is 2.86. The lowest BCUT2D eigenvalue weighted by atomic mass is 10.00. The van der Waals surface area contributed by atoms with Crippen LogP contribution in [0.25, 0.3) is 0 Å². The highest BCUT2D eigenvalue weighted by molar-refractivity contribution is 6.52. The van der Waals surface area contributed by atoms with Crippen molar-refractivity contribution in [3.05, 3.63) is 0 Å². The molecule has 1 atom stereocenters. The first-order valence-corrected chi connectivity index (χ1v) is 5.16. The highest BCUT2D eigenvalue weighted by Crippen LogP contribution is 2.69. The third kappa shape index (κ3) is 1.16. The lowest BCUT2D eigenvalue weighted by molar-refractivity contribution is -0.159. The maximum atomic E-state index is 6.08. The van der Waals surface area contributed by atoms with Crippen molar-refractivity contribution in [2.75, 3.05) is 0 Å². The largest absolute Gasteiger partial charge is 0.341 e. The van der Waals surface area contributed by atoms with E-state index in [-0.39, 0.29) is 0 Å². The van der Waals surface area contributed by atoms with Gasteiger partial charge in [0, 0.05) is 6.42 Å². The molecule has 0 amide bonds. The lowest BCUT2D eigenvalue weighted by Gasteiger charge is -2.24. The summed E-state index contributed by atoms with van der Waals surface area (Å²) in [7, 11) is 0. The molecule has 2 aliphatic rings. The number of halogens is 2. The smallest absolute Gasteiger partial charge is 0.164 e. The van der Waals surface area contributed by atoms with E-state index in [1.54, 1.807) is 0 Å². The SMILES string of the molecule is CC1(C)OC(C)(C)C2(CC2(Cl)Cl)O1. The molecule has 0 bridgehead atoms. The van der Waals surface area contributed by atoms with Gasteiger partial charge in [-0.25, -0.2) is 0 Å². The van der Waals surface area contributed by atoms with Crippen molar-refractivity contribution in [2.45, 2.75) is 55.4 Å². The molecule has 0 aromatic heterocycles. The molecule has 1 unspecified atom stereocenters. The Morgan fingerprint density at radius 2 is 1.46 bits per heavy atom. The van der Waals surface area contributed by atoms with Crippen LogP contribution >= 0.6 is 23.2 Å². The maximum absolute atomic E-state index is 6.08. The van der Waals surface area contributed by atoms with Gasteiger partial charge in [0.1, 0.15) is 5.60 Å². The van der Waals surface area contributed by atoms with Gasteiger partial charge in [0.15, 0.2) is 10.1 Å². The van der Waals surface area contributed by atoms with Crippen molar-refractivity contribution in [3.8, 4) is 0 Å². The van der Waals surface area contributed by atoms with Crippen LogP contribution < -0.4 is 0 Å². The van der Waals surface area contributed by atoms with Crippen molar-refractivity contribution in [3.63, 3.8) is 0 Å². The summed E-state index contributed by atoms with van der Waals surface area (Å²) < 4.78 is 10.8. The Morgan fingerprint density at radius 3 is 1.62 bits per heavy atom. The molecule has 13 heavy (non-hydrogen) atoms. The van der Waals surface area contributed by atoms with Crippen LogP contribution in [0.15, 0.2) is 0 Å². The van der Waals surface area contributed by atoms with Gasteiger partial charge in [0.05, 0.1) is 5.60 Å². The number of rotatable bonds is 0. The fourth-order valence-electron chi connectivity index (χ4n) is 2.29. The van der Waals surface area contributed by atoms with Gasteiger partial charge in [-0.3, -0.25) is 0 Å². The van der Waals surface area contributed by atoms with Crippen molar-refractivity contribution >= 4 is 23.2 Å². The van der Waals surface area contributed by atoms with Crippen LogP contribution in [0.5, 0.6) is 0 Å². The van der Waals surface area contributed by atoms with Gasteiger partial charge in [0.25, 0.3) is 0 Å². The molecule has 0 radical (unpaired) electrons. The Hall–Kier alpha value is 0.500. The zero-order valence-electron chi connectivity index (χ0n) is 8.28. The summed E-state index contributed by atoms with van der Waals surface area (Å²) in [5, 5.41) is 0. The molecule has 1 aliphatic heterocycles. The third-order valence-electron chi connectivity index (χ3n) is 2.83. The van der Waals surface area contributed by atoms with E-state index < -0.39 is 21.3 Å². The van der Waals surface area contributed by atoms with Crippen LogP contribution in [0.4, 0.5) is 0 Å². The van der Waals surface area contributed by atoms with Crippen molar-refractivity contribution in [1.29, 1.82) is 0 Å². The highest BCUT2D eigenvalue weighted by atomic mass is 35.5. The minimum absolute atomic E-state index is 0.417. The number of ether oxygens (including phenoxy) is 2. The first-order valence-electron chi connectivity index (χ1n) is 4.40. The molecule has 1 spiro atoms. The van der Waals surface area contributed by atoms with E-state index >= 15 is 0 Å². The van der Waals surface area contributed by atoms with Gasteiger partial charge in [-0.2, -0.15) is 0 Å². The molecule has 2 rings (SSSR count). The van der Waals surface area contributed by atoms with Gasteiger partial charge in [0.2, 0.25) is 0 Å². The number of alkyl halides is 2. The van der Waals surface area contributed by atoms with Gasteiger partial charge >= 0.3 is 0 Å². The van der Waals surface area contributed by atoms with E-state index in [2.05, 4.69) is 0 Å². The van der Waals surface area contributed by atoms with Crippen LogP contribution in [0, 0.1) is 0 Å². The number of hydrogen-bond donors (Lipinski definition) is 0. The van der Waals surface area contributed by atoms with Gasteiger partial charge in [-0.1, -0.05) is 23.2 Å². The minimum Gasteiger partial charge on any atom is -0.341 e. The maximum Gasteiger partial charge on any atom is 0.164 e. The molecule has 1 heterocycles. The average Bonchev–Trinajstić information content (AvgIpc) is 2.23. The van der Waals surface area contributed by atoms with Crippen LogP contribution in [0.1, 0.15) is 34.1 Å². The van der Waals surface area contributed by atoms with E-state index in [4.69, 9.17) is 32.7 Å². The molecule has 0 N–H and O–H groups in total.